The van der Waals surface area contributed by atoms with Crippen LogP contribution in [-0.4, -0.2) is 96.7 Å². The molecule has 2 unspecified atom stereocenters. The van der Waals surface area contributed by atoms with Crippen molar-refractivity contribution in [1.82, 2.24) is 0 Å². The zero-order chi connectivity index (χ0) is 61.9. The Labute approximate surface area is 511 Å². The summed E-state index contributed by atoms with van der Waals surface area (Å²) in [5, 5.41) is 10.5. The fourth-order valence-corrected chi connectivity index (χ4v) is 11.4. The Hall–Kier alpha value is -1.94. The van der Waals surface area contributed by atoms with Gasteiger partial charge in [-0.3, -0.25) is 37.3 Å². The summed E-state index contributed by atoms with van der Waals surface area (Å²) in [4.78, 5) is 71.9. The fraction of sp³-hybridized carbons (Fsp3) is 0.938. The molecule has 0 bridgehead atoms. The number of carbonyl (C=O) groups is 4. The highest BCUT2D eigenvalue weighted by Crippen LogP contribution is 2.45. The number of rotatable bonds is 66. The zero-order valence-electron chi connectivity index (χ0n) is 53.9. The van der Waals surface area contributed by atoms with Gasteiger partial charge in [0, 0.05) is 25.7 Å². The first-order valence-corrected chi connectivity index (χ1v) is 37.3. The molecule has 0 aromatic heterocycles. The molecule has 0 rings (SSSR count). The maximum atomic E-state index is 13.0. The van der Waals surface area contributed by atoms with E-state index in [9.17, 15) is 43.2 Å². The summed E-state index contributed by atoms with van der Waals surface area (Å²) < 4.78 is 67.8. The number of phosphoric ester groups is 2. The number of aliphatic hydroxyl groups excluding tert-OH is 1. The number of phosphoric acid groups is 2. The lowest BCUT2D eigenvalue weighted by molar-refractivity contribution is -0.161. The smallest absolute Gasteiger partial charge is 0.462 e. The monoisotopic (exact) mass is 1240 g/mol. The molecular formula is C65H126O17P2. The maximum Gasteiger partial charge on any atom is 0.472 e. The van der Waals surface area contributed by atoms with Crippen LogP contribution in [0, 0.1) is 0 Å². The van der Waals surface area contributed by atoms with Crippen molar-refractivity contribution in [2.75, 3.05) is 39.6 Å². The van der Waals surface area contributed by atoms with Crippen molar-refractivity contribution in [3.63, 3.8) is 0 Å². The molecule has 0 radical (unpaired) electrons. The quantitative estimate of drug-likeness (QED) is 0.0222. The molecule has 0 fully saturated rings. The number of ether oxygens (including phenoxy) is 4. The van der Waals surface area contributed by atoms with E-state index in [0.717, 1.165) is 89.9 Å². The molecule has 5 atom stereocenters. The predicted octanol–water partition coefficient (Wildman–Crippen LogP) is 18.3. The normalized spacial score (nSPS) is 14.1. The first-order valence-electron chi connectivity index (χ1n) is 34.3. The standard InChI is InChI=1S/C65H126O17P2/c1-5-9-13-17-20-23-26-28-30-32-34-37-40-43-47-51-64(69)81-60(55-75-62(67)49-45-16-12-8-4)57-79-83(71,72)77-53-59(66)54-78-84(73,74)80-58-61(56-76-63(68)50-46-42-39-36-25-22-19-15-11-7-3)82-65(70)52-48-44-41-38-35-33-31-29-27-24-21-18-14-10-6-2/h59-61,66H,5-58H2,1-4H3,(H,71,72)(H,73,74)/t59-,60-,61-/m1/s1. The largest absolute Gasteiger partial charge is 0.472 e. The molecule has 0 aromatic carbocycles. The van der Waals surface area contributed by atoms with E-state index in [2.05, 4.69) is 27.7 Å². The minimum absolute atomic E-state index is 0.107. The van der Waals surface area contributed by atoms with Gasteiger partial charge in [0.2, 0.25) is 0 Å². The van der Waals surface area contributed by atoms with Crippen LogP contribution in [0.5, 0.6) is 0 Å². The summed E-state index contributed by atoms with van der Waals surface area (Å²) in [7, 11) is -9.87. The summed E-state index contributed by atoms with van der Waals surface area (Å²) in [6.07, 6.45) is 46.3. The van der Waals surface area contributed by atoms with E-state index in [1.54, 1.807) is 0 Å². The van der Waals surface area contributed by atoms with Gasteiger partial charge in [0.25, 0.3) is 0 Å². The summed E-state index contributed by atoms with van der Waals surface area (Å²) in [5.74, 6) is -2.14. The van der Waals surface area contributed by atoms with Crippen molar-refractivity contribution >= 4 is 39.5 Å². The number of hydrogen-bond acceptors (Lipinski definition) is 15. The van der Waals surface area contributed by atoms with Crippen LogP contribution < -0.4 is 0 Å². The van der Waals surface area contributed by atoms with E-state index in [0.29, 0.717) is 25.7 Å². The molecule has 84 heavy (non-hydrogen) atoms. The Balaban J connectivity index is 5.10. The third-order valence-electron chi connectivity index (χ3n) is 15.1. The van der Waals surface area contributed by atoms with Crippen LogP contribution in [0.4, 0.5) is 0 Å². The van der Waals surface area contributed by atoms with Gasteiger partial charge in [0.1, 0.15) is 19.3 Å². The average Bonchev–Trinajstić information content (AvgIpc) is 3.58. The molecule has 17 nitrogen and oxygen atoms in total. The number of hydrogen-bond donors (Lipinski definition) is 3. The van der Waals surface area contributed by atoms with Gasteiger partial charge in [-0.05, 0) is 25.7 Å². The van der Waals surface area contributed by atoms with Crippen molar-refractivity contribution in [2.24, 2.45) is 0 Å². The van der Waals surface area contributed by atoms with E-state index in [1.165, 1.54) is 167 Å². The topological polar surface area (TPSA) is 237 Å². The van der Waals surface area contributed by atoms with Crippen molar-refractivity contribution in [2.45, 2.75) is 354 Å². The van der Waals surface area contributed by atoms with E-state index in [4.69, 9.17) is 37.0 Å². The summed E-state index contributed by atoms with van der Waals surface area (Å²) in [6, 6.07) is 0. The van der Waals surface area contributed by atoms with Crippen LogP contribution in [0.2, 0.25) is 0 Å². The number of carbonyl (C=O) groups excluding carboxylic acids is 4. The molecule has 0 heterocycles. The third kappa shape index (κ3) is 59.0. The number of esters is 4. The average molecular weight is 1240 g/mol. The maximum absolute atomic E-state index is 13.0. The van der Waals surface area contributed by atoms with Gasteiger partial charge in [-0.25, -0.2) is 9.13 Å². The molecule has 0 aromatic rings. The molecule has 498 valence electrons. The Morgan fingerprint density at radius 3 is 0.714 bits per heavy atom. The van der Waals surface area contributed by atoms with E-state index in [-0.39, 0.29) is 25.7 Å². The third-order valence-corrected chi connectivity index (χ3v) is 17.0. The van der Waals surface area contributed by atoms with Gasteiger partial charge in [0.05, 0.1) is 26.4 Å². The predicted molar refractivity (Wildman–Crippen MR) is 335 cm³/mol. The number of aliphatic hydroxyl groups is 1. The Kier molecular flexibility index (Phi) is 58.6. The molecule has 0 saturated heterocycles. The van der Waals surface area contributed by atoms with Crippen LogP contribution in [0.1, 0.15) is 336 Å². The highest BCUT2D eigenvalue weighted by atomic mass is 31.2. The zero-order valence-corrected chi connectivity index (χ0v) is 55.7. The van der Waals surface area contributed by atoms with E-state index < -0.39 is 97.5 Å². The Morgan fingerprint density at radius 2 is 0.476 bits per heavy atom. The van der Waals surface area contributed by atoms with Gasteiger partial charge in [-0.2, -0.15) is 0 Å². The highest BCUT2D eigenvalue weighted by molar-refractivity contribution is 7.47. The van der Waals surface area contributed by atoms with Crippen molar-refractivity contribution in [3.8, 4) is 0 Å². The summed E-state index contributed by atoms with van der Waals surface area (Å²) >= 11 is 0. The molecular weight excluding hydrogens is 1110 g/mol. The van der Waals surface area contributed by atoms with Crippen molar-refractivity contribution in [1.29, 1.82) is 0 Å². The minimum Gasteiger partial charge on any atom is -0.462 e. The lowest BCUT2D eigenvalue weighted by Gasteiger charge is -2.21. The van der Waals surface area contributed by atoms with Gasteiger partial charge in [0.15, 0.2) is 12.2 Å². The second-order valence-electron chi connectivity index (χ2n) is 23.5. The molecule has 0 amide bonds. The van der Waals surface area contributed by atoms with E-state index in [1.807, 2.05) is 0 Å². The second-order valence-corrected chi connectivity index (χ2v) is 26.4. The fourth-order valence-electron chi connectivity index (χ4n) is 9.81. The van der Waals surface area contributed by atoms with Gasteiger partial charge in [-0.1, -0.05) is 285 Å². The van der Waals surface area contributed by atoms with Crippen LogP contribution >= 0.6 is 15.6 Å². The highest BCUT2D eigenvalue weighted by Gasteiger charge is 2.30. The molecule has 0 spiro atoms. The first-order chi connectivity index (χ1) is 40.7. The Morgan fingerprint density at radius 1 is 0.286 bits per heavy atom. The van der Waals surface area contributed by atoms with Gasteiger partial charge in [-0.15, -0.1) is 0 Å². The van der Waals surface area contributed by atoms with Gasteiger partial charge < -0.3 is 33.8 Å². The summed E-state index contributed by atoms with van der Waals surface area (Å²) in [6.45, 7) is 4.78. The van der Waals surface area contributed by atoms with Crippen molar-refractivity contribution in [3.05, 3.63) is 0 Å². The van der Waals surface area contributed by atoms with Crippen molar-refractivity contribution < 1.29 is 80.2 Å². The van der Waals surface area contributed by atoms with Crippen LogP contribution in [0.3, 0.4) is 0 Å². The lowest BCUT2D eigenvalue weighted by atomic mass is 10.0. The SMILES string of the molecule is CCCCCCCCCCCCCCCCCC(=O)O[C@H](COC(=O)CCCCCC)COP(=O)(O)OC[C@@H](O)COP(=O)(O)OC[C@@H](COC(=O)CCCCCCCCCCCC)OC(=O)CCCCCCCCCCCCCCCCC. The molecule has 3 N–H and O–H groups in total. The lowest BCUT2D eigenvalue weighted by Crippen LogP contribution is -2.30. The molecule has 0 aliphatic heterocycles. The summed E-state index contributed by atoms with van der Waals surface area (Å²) in [5.41, 5.74) is 0. The first kappa shape index (κ1) is 82.1. The minimum atomic E-state index is -4.94. The molecule has 19 heteroatoms. The molecule has 0 saturated carbocycles. The second kappa shape index (κ2) is 60.0. The molecule has 0 aliphatic rings. The van der Waals surface area contributed by atoms with Crippen LogP contribution in [-0.2, 0) is 65.4 Å². The van der Waals surface area contributed by atoms with Gasteiger partial charge >= 0.3 is 39.5 Å². The van der Waals surface area contributed by atoms with Crippen LogP contribution in [0.25, 0.3) is 0 Å². The molecule has 0 aliphatic carbocycles. The Bertz CT molecular complexity index is 1620. The van der Waals surface area contributed by atoms with Crippen LogP contribution in [0.15, 0.2) is 0 Å². The number of unbranched alkanes of at least 4 members (excludes halogenated alkanes) is 40. The van der Waals surface area contributed by atoms with E-state index >= 15 is 0 Å².